The van der Waals surface area contributed by atoms with Crippen LogP contribution in [0.15, 0.2) is 0 Å². The summed E-state index contributed by atoms with van der Waals surface area (Å²) in [6.45, 7) is 11.9. The van der Waals surface area contributed by atoms with Crippen molar-refractivity contribution in [3.8, 4) is 0 Å². The molecule has 0 amide bonds. The van der Waals surface area contributed by atoms with E-state index in [9.17, 15) is 43.2 Å². The number of hydrogen-bond acceptors (Lipinski definition) is 15. The highest BCUT2D eigenvalue weighted by atomic mass is 31.2. The maximum Gasteiger partial charge on any atom is 0.472 e. The Bertz CT molecular complexity index is 1900. The van der Waals surface area contributed by atoms with E-state index in [1.807, 2.05) is 0 Å². The lowest BCUT2D eigenvalue weighted by Crippen LogP contribution is -2.30. The van der Waals surface area contributed by atoms with Gasteiger partial charge in [-0.05, 0) is 43.4 Å². The van der Waals surface area contributed by atoms with Gasteiger partial charge in [-0.15, -0.1) is 0 Å². The first-order chi connectivity index (χ1) is 47.2. The maximum absolute atomic E-state index is 13.1. The predicted molar refractivity (Wildman–Crippen MR) is 400 cm³/mol. The molecule has 19 heteroatoms. The second-order valence-electron chi connectivity index (χ2n) is 29.9. The van der Waals surface area contributed by atoms with Crippen LogP contribution in [-0.4, -0.2) is 96.7 Å². The molecule has 3 N–H and O–H groups in total. The second kappa shape index (κ2) is 69.4. The number of phosphoric acid groups is 2. The van der Waals surface area contributed by atoms with Crippen LogP contribution in [0.5, 0.6) is 0 Å². The lowest BCUT2D eigenvalue weighted by molar-refractivity contribution is -0.161. The number of phosphoric ester groups is 2. The number of aliphatic hydroxyl groups excluding tert-OH is 1. The molecule has 0 bridgehead atoms. The second-order valence-corrected chi connectivity index (χ2v) is 32.8. The molecule has 0 aromatic heterocycles. The SMILES string of the molecule is CCCCCCCCCCCCCCCCC(=O)O[C@H](COC(=O)CCCCCCCCC(C)C)COP(=O)(O)OC[C@H](O)COP(=O)(O)OC[C@@H](COC(=O)CCCCCCCCCCCCCC(C)C)OC(=O)CCCCCCCCCCCCCCCCCCCCC(C)C. The molecule has 0 radical (unpaired) electrons. The Hall–Kier alpha value is -1.94. The zero-order valence-corrected chi connectivity index (χ0v) is 66.0. The van der Waals surface area contributed by atoms with Crippen molar-refractivity contribution in [3.63, 3.8) is 0 Å². The third kappa shape index (κ3) is 72.4. The third-order valence-corrected chi connectivity index (χ3v) is 20.3. The average molecular weight is 1440 g/mol. The fourth-order valence-electron chi connectivity index (χ4n) is 12.1. The van der Waals surface area contributed by atoms with Gasteiger partial charge < -0.3 is 33.8 Å². The number of hydrogen-bond donors (Lipinski definition) is 3. The topological polar surface area (TPSA) is 237 Å². The van der Waals surface area contributed by atoms with Gasteiger partial charge in [-0.1, -0.05) is 357 Å². The molecule has 0 aromatic carbocycles. The summed E-state index contributed by atoms with van der Waals surface area (Å²) in [7, 11) is -9.92. The summed E-state index contributed by atoms with van der Waals surface area (Å²) in [4.78, 5) is 72.9. The van der Waals surface area contributed by atoms with Gasteiger partial charge in [0.25, 0.3) is 0 Å². The minimum atomic E-state index is -4.96. The highest BCUT2D eigenvalue weighted by Crippen LogP contribution is 2.45. The van der Waals surface area contributed by atoms with Gasteiger partial charge >= 0.3 is 39.5 Å². The van der Waals surface area contributed by atoms with Crippen molar-refractivity contribution in [3.05, 3.63) is 0 Å². The van der Waals surface area contributed by atoms with Crippen LogP contribution >= 0.6 is 15.6 Å². The number of unbranched alkanes of at least 4 members (excludes halogenated alkanes) is 45. The summed E-state index contributed by atoms with van der Waals surface area (Å²) < 4.78 is 68.6. The van der Waals surface area contributed by atoms with E-state index >= 15 is 0 Å². The molecule has 0 fully saturated rings. The van der Waals surface area contributed by atoms with Crippen molar-refractivity contribution >= 4 is 39.5 Å². The van der Waals surface area contributed by atoms with Crippen LogP contribution < -0.4 is 0 Å². The quantitative estimate of drug-likeness (QED) is 0.0222. The lowest BCUT2D eigenvalue weighted by atomic mass is 10.0. The van der Waals surface area contributed by atoms with Crippen LogP contribution in [0, 0.1) is 17.8 Å². The molecule has 0 saturated heterocycles. The molecule has 5 atom stereocenters. The molecule has 0 aliphatic carbocycles. The van der Waals surface area contributed by atoms with Crippen LogP contribution in [0.2, 0.25) is 0 Å². The first-order valence-corrected chi connectivity index (χ1v) is 43.8. The number of esters is 4. The van der Waals surface area contributed by atoms with E-state index in [0.29, 0.717) is 31.6 Å². The molecule has 0 saturated carbocycles. The van der Waals surface area contributed by atoms with E-state index in [1.165, 1.54) is 212 Å². The minimum Gasteiger partial charge on any atom is -0.462 e. The maximum atomic E-state index is 13.1. The van der Waals surface area contributed by atoms with Crippen molar-refractivity contribution in [2.24, 2.45) is 17.8 Å². The largest absolute Gasteiger partial charge is 0.472 e. The summed E-state index contributed by atoms with van der Waals surface area (Å²) in [5.74, 6) is 0.156. The molecular weight excluding hydrogens is 1280 g/mol. The number of carbonyl (C=O) groups is 4. The van der Waals surface area contributed by atoms with Crippen molar-refractivity contribution in [1.29, 1.82) is 0 Å². The van der Waals surface area contributed by atoms with Crippen molar-refractivity contribution in [1.82, 2.24) is 0 Å². The number of aliphatic hydroxyl groups is 1. The fraction of sp³-hybridized carbons (Fsp3) is 0.949. The van der Waals surface area contributed by atoms with Gasteiger partial charge in [0.1, 0.15) is 19.3 Å². The number of ether oxygens (including phenoxy) is 4. The van der Waals surface area contributed by atoms with E-state index in [2.05, 4.69) is 48.5 Å². The van der Waals surface area contributed by atoms with Gasteiger partial charge in [-0.2, -0.15) is 0 Å². The van der Waals surface area contributed by atoms with E-state index in [1.54, 1.807) is 0 Å². The van der Waals surface area contributed by atoms with Gasteiger partial charge in [0.2, 0.25) is 0 Å². The molecule has 0 heterocycles. The predicted octanol–water partition coefficient (Wildman–Crippen LogP) is 23.4. The standard InChI is InChI=1S/C79H154O17P2/c1-8-9-10-11-12-13-14-15-23-28-34-39-48-55-62-79(84)96-75(67-90-77(82)61-54-47-42-41-45-52-59-72(6)7)69-94-98(87,88)92-65-73(80)64-91-97(85,86)93-68-74(66-89-76(81)60-53-46-38-33-30-25-27-32-37-44-51-58-71(4)5)95-78(83)63-56-49-40-35-29-24-21-19-17-16-18-20-22-26-31-36-43-50-57-70(2)3/h70-75,80H,8-69H2,1-7H3,(H,85,86)(H,87,88)/t73-,74-,75-/m1/s1. The molecule has 582 valence electrons. The van der Waals surface area contributed by atoms with Crippen molar-refractivity contribution < 1.29 is 80.2 Å². The number of rotatable bonds is 77. The summed E-state index contributed by atoms with van der Waals surface area (Å²) in [5.41, 5.74) is 0. The average Bonchev–Trinajstić information content (AvgIpc) is 0.950. The third-order valence-electron chi connectivity index (χ3n) is 18.4. The molecule has 17 nitrogen and oxygen atoms in total. The summed E-state index contributed by atoms with van der Waals surface area (Å²) in [6, 6.07) is 0. The van der Waals surface area contributed by atoms with Crippen LogP contribution in [0.25, 0.3) is 0 Å². The van der Waals surface area contributed by atoms with Gasteiger partial charge in [-0.3, -0.25) is 37.3 Å². The normalized spacial score (nSPS) is 14.0. The monoisotopic (exact) mass is 1440 g/mol. The Kier molecular flexibility index (Phi) is 68.1. The highest BCUT2D eigenvalue weighted by Gasteiger charge is 2.30. The smallest absolute Gasteiger partial charge is 0.462 e. The van der Waals surface area contributed by atoms with Crippen LogP contribution in [0.4, 0.5) is 0 Å². The Labute approximate surface area is 600 Å². The van der Waals surface area contributed by atoms with Crippen molar-refractivity contribution in [2.75, 3.05) is 39.6 Å². The Morgan fingerprint density at radius 2 is 0.469 bits per heavy atom. The molecule has 0 rings (SSSR count). The zero-order valence-electron chi connectivity index (χ0n) is 64.3. The van der Waals surface area contributed by atoms with Gasteiger partial charge in [0.15, 0.2) is 12.2 Å². The lowest BCUT2D eigenvalue weighted by Gasteiger charge is -2.21. The van der Waals surface area contributed by atoms with Gasteiger partial charge in [0.05, 0.1) is 26.4 Å². The summed E-state index contributed by atoms with van der Waals surface area (Å²) in [5, 5.41) is 10.6. The molecule has 0 aromatic rings. The summed E-state index contributed by atoms with van der Waals surface area (Å²) >= 11 is 0. The molecule has 0 aliphatic rings. The number of carbonyl (C=O) groups excluding carboxylic acids is 4. The Balaban J connectivity index is 5.20. The van der Waals surface area contributed by atoms with Crippen LogP contribution in [0.3, 0.4) is 0 Å². The highest BCUT2D eigenvalue weighted by molar-refractivity contribution is 7.47. The van der Waals surface area contributed by atoms with Gasteiger partial charge in [-0.25, -0.2) is 9.13 Å². The molecule has 2 unspecified atom stereocenters. The minimum absolute atomic E-state index is 0.107. The van der Waals surface area contributed by atoms with Crippen LogP contribution in [0.1, 0.15) is 408 Å². The van der Waals surface area contributed by atoms with Crippen LogP contribution in [-0.2, 0) is 65.4 Å². The molecule has 0 aliphatic heterocycles. The first-order valence-electron chi connectivity index (χ1n) is 40.8. The fourth-order valence-corrected chi connectivity index (χ4v) is 13.7. The van der Waals surface area contributed by atoms with Gasteiger partial charge in [0, 0.05) is 25.7 Å². The van der Waals surface area contributed by atoms with E-state index in [4.69, 9.17) is 37.0 Å². The molecule has 0 spiro atoms. The Morgan fingerprint density at radius 1 is 0.276 bits per heavy atom. The molecular formula is C79H154O17P2. The van der Waals surface area contributed by atoms with E-state index < -0.39 is 97.5 Å². The van der Waals surface area contributed by atoms with E-state index in [0.717, 1.165) is 108 Å². The zero-order chi connectivity index (χ0) is 72.3. The van der Waals surface area contributed by atoms with Crippen molar-refractivity contribution in [2.45, 2.75) is 426 Å². The first kappa shape index (κ1) is 96.1. The molecule has 98 heavy (non-hydrogen) atoms. The Morgan fingerprint density at radius 3 is 0.694 bits per heavy atom. The summed E-state index contributed by atoms with van der Waals surface area (Å²) in [6.07, 6.45) is 57.1. The van der Waals surface area contributed by atoms with E-state index in [-0.39, 0.29) is 25.7 Å².